The van der Waals surface area contributed by atoms with Crippen molar-refractivity contribution in [2.75, 3.05) is 0 Å². The third-order valence-corrected chi connectivity index (χ3v) is 7.43. The van der Waals surface area contributed by atoms with E-state index in [0.29, 0.717) is 59.2 Å². The largest absolute Gasteiger partial charge is 0.477 e. The van der Waals surface area contributed by atoms with Gasteiger partial charge < -0.3 is 10.1 Å². The smallest absolute Gasteiger partial charge is 0.341 e. The molecule has 2 N–H and O–H groups in total. The second-order valence-corrected chi connectivity index (χ2v) is 11.2. The highest BCUT2D eigenvalue weighted by atomic mass is 35.5. The van der Waals surface area contributed by atoms with Gasteiger partial charge in [0.05, 0.1) is 21.8 Å². The second-order valence-electron chi connectivity index (χ2n) is 8.78. The van der Waals surface area contributed by atoms with Gasteiger partial charge in [-0.15, -0.1) is 0 Å². The maximum Gasteiger partial charge on any atom is 0.341 e. The van der Waals surface area contributed by atoms with Crippen molar-refractivity contribution in [1.82, 2.24) is 29.9 Å². The number of benzene rings is 2. The van der Waals surface area contributed by atoms with Gasteiger partial charge in [0.1, 0.15) is 40.5 Å². The molecule has 0 aliphatic heterocycles. The highest BCUT2D eigenvalue weighted by molar-refractivity contribution is 6.69. The lowest BCUT2D eigenvalue weighted by atomic mass is 10.1. The molecule has 0 aliphatic carbocycles. The zero-order valence-electron chi connectivity index (χ0n) is 21.4. The van der Waals surface area contributed by atoms with Gasteiger partial charge in [0.25, 0.3) is 5.24 Å². The van der Waals surface area contributed by atoms with Crippen LogP contribution in [0.3, 0.4) is 0 Å². The Bertz CT molecular complexity index is 2150. The van der Waals surface area contributed by atoms with Gasteiger partial charge in [-0.1, -0.05) is 58.0 Å². The first-order chi connectivity index (χ1) is 20.9. The first-order valence-corrected chi connectivity index (χ1v) is 14.2. The minimum atomic E-state index is -1.32. The number of nitrogens with zero attached hydrogens (tertiary/aromatic N) is 5. The van der Waals surface area contributed by atoms with E-state index >= 15 is 0 Å². The zero-order chi connectivity index (χ0) is 31.7. The molecule has 16 heteroatoms. The predicted molar refractivity (Wildman–Crippen MR) is 171 cm³/mol. The van der Waals surface area contributed by atoms with E-state index in [9.17, 15) is 14.4 Å². The molecular formula is C28H12Cl6N6O4. The molecule has 6 rings (SSSR count). The summed E-state index contributed by atoms with van der Waals surface area (Å²) in [6.07, 6.45) is 4.92. The molecule has 4 aromatic heterocycles. The number of aromatic amines is 1. The SMILES string of the molecule is O=C(Cl)c1cnc2c(-c3cc(Cl)cc(Cl)c3)ncnc2c1Cl.O=C(O)c1c[nH]c2c(-c3cc(Cl)cc(Cl)c3)ncnc2c1=O. The summed E-state index contributed by atoms with van der Waals surface area (Å²) in [7, 11) is 0. The summed E-state index contributed by atoms with van der Waals surface area (Å²) in [6.45, 7) is 0. The van der Waals surface area contributed by atoms with E-state index in [1.165, 1.54) is 18.9 Å². The Morgan fingerprint density at radius 1 is 0.659 bits per heavy atom. The maximum atomic E-state index is 12.1. The molecule has 4 heterocycles. The number of carbonyl (C=O) groups is 2. The van der Waals surface area contributed by atoms with Crippen LogP contribution in [0.5, 0.6) is 0 Å². The van der Waals surface area contributed by atoms with E-state index in [4.69, 9.17) is 74.7 Å². The average molecular weight is 709 g/mol. The van der Waals surface area contributed by atoms with Crippen LogP contribution in [-0.2, 0) is 0 Å². The van der Waals surface area contributed by atoms with Crippen LogP contribution in [0.2, 0.25) is 25.1 Å². The molecule has 10 nitrogen and oxygen atoms in total. The summed E-state index contributed by atoms with van der Waals surface area (Å²) in [6, 6.07) is 9.86. The topological polar surface area (TPSA) is 152 Å². The molecule has 0 spiro atoms. The fourth-order valence-corrected chi connectivity index (χ4v) is 5.63. The minimum Gasteiger partial charge on any atom is -0.477 e. The van der Waals surface area contributed by atoms with Crippen molar-refractivity contribution < 1.29 is 14.7 Å². The van der Waals surface area contributed by atoms with Crippen molar-refractivity contribution in [3.05, 3.63) is 108 Å². The standard InChI is InChI=1S/C14H5Cl4N3O.C14H7Cl2N3O3/c15-7-1-6(2-8(16)3-7)11-13-12(21-5-20-11)10(17)9(4-19-13)14(18)22;15-7-1-6(2-8(16)3-7)10-11-12(19-5-18-10)13(20)9(4-17-11)14(21)22/h1-5H;1-5H,(H,17,20)(H,21,22). The summed E-state index contributed by atoms with van der Waals surface area (Å²) in [5, 5.41) is 10.2. The van der Waals surface area contributed by atoms with Crippen molar-refractivity contribution in [2.24, 2.45) is 0 Å². The summed E-state index contributed by atoms with van der Waals surface area (Å²) in [5.41, 5.74) is 2.23. The monoisotopic (exact) mass is 706 g/mol. The van der Waals surface area contributed by atoms with E-state index in [1.807, 2.05) is 0 Å². The van der Waals surface area contributed by atoms with E-state index in [-0.39, 0.29) is 21.7 Å². The van der Waals surface area contributed by atoms with Crippen LogP contribution < -0.4 is 5.43 Å². The highest BCUT2D eigenvalue weighted by Gasteiger charge is 2.18. The first kappa shape index (κ1) is 31.5. The van der Waals surface area contributed by atoms with Crippen molar-refractivity contribution >= 4 is 103 Å². The fourth-order valence-electron chi connectivity index (χ4n) is 4.11. The lowest BCUT2D eigenvalue weighted by Gasteiger charge is -2.08. The third kappa shape index (κ3) is 6.46. The molecule has 0 saturated heterocycles. The second kappa shape index (κ2) is 13.0. The third-order valence-electron chi connectivity index (χ3n) is 5.97. The number of rotatable bonds is 4. The van der Waals surface area contributed by atoms with Crippen LogP contribution in [0.4, 0.5) is 0 Å². The summed E-state index contributed by atoms with van der Waals surface area (Å²) >= 11 is 35.6. The van der Waals surface area contributed by atoms with Crippen molar-refractivity contribution in [3.63, 3.8) is 0 Å². The average Bonchev–Trinajstić information content (AvgIpc) is 2.96. The number of nitrogens with one attached hydrogen (secondary N) is 1. The Morgan fingerprint density at radius 2 is 1.18 bits per heavy atom. The summed E-state index contributed by atoms with van der Waals surface area (Å²) < 4.78 is 0. The molecular weight excluding hydrogens is 697 g/mol. The number of H-pyrrole nitrogens is 1. The molecule has 0 bridgehead atoms. The van der Waals surface area contributed by atoms with Crippen LogP contribution in [0, 0.1) is 0 Å². The molecule has 0 radical (unpaired) electrons. The van der Waals surface area contributed by atoms with Crippen LogP contribution in [0.25, 0.3) is 44.6 Å². The lowest BCUT2D eigenvalue weighted by Crippen LogP contribution is -2.16. The number of pyridine rings is 2. The van der Waals surface area contributed by atoms with Gasteiger partial charge in [-0.05, 0) is 48.0 Å². The van der Waals surface area contributed by atoms with Gasteiger partial charge in [-0.3, -0.25) is 14.6 Å². The normalized spacial score (nSPS) is 10.9. The number of aromatic carboxylic acids is 1. The van der Waals surface area contributed by atoms with Gasteiger partial charge in [0.2, 0.25) is 5.43 Å². The number of aromatic nitrogens is 6. The Kier molecular flexibility index (Phi) is 9.31. The Hall–Kier alpha value is -3.90. The van der Waals surface area contributed by atoms with E-state index in [0.717, 1.165) is 6.20 Å². The Morgan fingerprint density at radius 3 is 1.73 bits per heavy atom. The first-order valence-electron chi connectivity index (χ1n) is 12.0. The predicted octanol–water partition coefficient (Wildman–Crippen LogP) is 8.02. The molecule has 0 atom stereocenters. The number of carbonyl (C=O) groups excluding carboxylic acids is 1. The molecule has 6 aromatic rings. The fraction of sp³-hybridized carbons (Fsp3) is 0. The van der Waals surface area contributed by atoms with Gasteiger partial charge in [-0.25, -0.2) is 24.7 Å². The molecule has 0 fully saturated rings. The molecule has 44 heavy (non-hydrogen) atoms. The number of halogens is 6. The Balaban J connectivity index is 0.000000175. The van der Waals surface area contributed by atoms with Crippen LogP contribution >= 0.6 is 69.6 Å². The van der Waals surface area contributed by atoms with E-state index < -0.39 is 16.6 Å². The van der Waals surface area contributed by atoms with Gasteiger partial charge in [0, 0.05) is 43.6 Å². The van der Waals surface area contributed by atoms with Gasteiger partial charge in [-0.2, -0.15) is 0 Å². The number of carboxylic acid groups (broad SMARTS) is 1. The molecule has 0 aliphatic rings. The van der Waals surface area contributed by atoms with Crippen LogP contribution in [0.15, 0.2) is 66.2 Å². The minimum absolute atomic E-state index is 0.0130. The lowest BCUT2D eigenvalue weighted by molar-refractivity contribution is 0.0695. The molecule has 0 amide bonds. The number of hydrogen-bond donors (Lipinski definition) is 2. The van der Waals surface area contributed by atoms with Gasteiger partial charge in [0.15, 0.2) is 0 Å². The molecule has 0 saturated carbocycles. The molecule has 220 valence electrons. The number of hydrogen-bond acceptors (Lipinski definition) is 8. The van der Waals surface area contributed by atoms with Crippen molar-refractivity contribution in [3.8, 4) is 22.5 Å². The maximum absolute atomic E-state index is 12.1. The quantitative estimate of drug-likeness (QED) is 0.173. The molecule has 2 aromatic carbocycles. The van der Waals surface area contributed by atoms with Crippen LogP contribution in [0.1, 0.15) is 20.7 Å². The molecule has 0 unspecified atom stereocenters. The number of fused-ring (bicyclic) bond motifs is 2. The van der Waals surface area contributed by atoms with E-state index in [1.54, 1.807) is 36.4 Å². The van der Waals surface area contributed by atoms with Crippen molar-refractivity contribution in [2.45, 2.75) is 0 Å². The van der Waals surface area contributed by atoms with Crippen LogP contribution in [-0.4, -0.2) is 46.2 Å². The zero-order valence-corrected chi connectivity index (χ0v) is 26.0. The van der Waals surface area contributed by atoms with Gasteiger partial charge >= 0.3 is 5.97 Å². The summed E-state index contributed by atoms with van der Waals surface area (Å²) in [4.78, 5) is 57.7. The number of carboxylic acids is 1. The van der Waals surface area contributed by atoms with Crippen molar-refractivity contribution in [1.29, 1.82) is 0 Å². The summed E-state index contributed by atoms with van der Waals surface area (Å²) in [5.74, 6) is -1.32. The highest BCUT2D eigenvalue weighted by Crippen LogP contribution is 2.33. The Labute approximate surface area is 276 Å². The van der Waals surface area contributed by atoms with E-state index in [2.05, 4.69) is 29.9 Å².